The highest BCUT2D eigenvalue weighted by Gasteiger charge is 2.20. The average Bonchev–Trinajstić information content (AvgIpc) is 3.18. The van der Waals surface area contributed by atoms with Crippen molar-refractivity contribution >= 4 is 5.69 Å². The van der Waals surface area contributed by atoms with Crippen molar-refractivity contribution in [2.45, 2.75) is 26.3 Å². The molecule has 1 aliphatic carbocycles. The molecule has 0 aliphatic heterocycles. The number of hydrogen-bond donors (Lipinski definition) is 1. The van der Waals surface area contributed by atoms with E-state index < -0.39 is 0 Å². The number of nitrogens with zero attached hydrogens (tertiary/aromatic N) is 1. The number of ether oxygens (including phenoxy) is 1. The van der Waals surface area contributed by atoms with E-state index in [1.807, 2.05) is 0 Å². The first kappa shape index (κ1) is 13.4. The molecule has 3 heteroatoms. The first-order valence-electron chi connectivity index (χ1n) is 6.79. The number of rotatable bonds is 7. The summed E-state index contributed by atoms with van der Waals surface area (Å²) >= 11 is 0. The Morgan fingerprint density at radius 3 is 2.78 bits per heavy atom. The fraction of sp³-hybridized carbons (Fsp3) is 0.600. The molecule has 0 spiro atoms. The zero-order chi connectivity index (χ0) is 13.0. The second-order valence-electron chi connectivity index (χ2n) is 5.25. The molecule has 0 radical (unpaired) electrons. The normalized spacial score (nSPS) is 14.8. The van der Waals surface area contributed by atoms with E-state index in [1.165, 1.54) is 29.7 Å². The zero-order valence-corrected chi connectivity index (χ0v) is 11.5. The largest absolute Gasteiger partial charge is 0.379 e. The lowest BCUT2D eigenvalue weighted by Gasteiger charge is -2.20. The minimum absolute atomic E-state index is 0.611. The van der Waals surface area contributed by atoms with Gasteiger partial charge >= 0.3 is 0 Å². The van der Waals surface area contributed by atoms with E-state index in [4.69, 9.17) is 10.5 Å². The third-order valence-corrected chi connectivity index (χ3v) is 3.61. The molecule has 1 saturated carbocycles. The smallest absolute Gasteiger partial charge is 0.0641 e. The number of benzene rings is 1. The summed E-state index contributed by atoms with van der Waals surface area (Å²) < 4.78 is 5.66. The van der Waals surface area contributed by atoms with Crippen molar-refractivity contribution in [1.82, 2.24) is 0 Å². The van der Waals surface area contributed by atoms with Crippen LogP contribution in [0, 0.1) is 12.8 Å². The monoisotopic (exact) mass is 248 g/mol. The maximum atomic E-state index is 5.68. The van der Waals surface area contributed by atoms with Gasteiger partial charge in [-0.3, -0.25) is 0 Å². The number of nitrogens with two attached hydrogens (primary N) is 1. The topological polar surface area (TPSA) is 38.5 Å². The van der Waals surface area contributed by atoms with Gasteiger partial charge in [0, 0.05) is 32.4 Å². The molecule has 0 amide bonds. The molecule has 0 bridgehead atoms. The minimum Gasteiger partial charge on any atom is -0.379 e. The van der Waals surface area contributed by atoms with E-state index >= 15 is 0 Å². The first-order valence-corrected chi connectivity index (χ1v) is 6.79. The van der Waals surface area contributed by atoms with Gasteiger partial charge in [0.25, 0.3) is 0 Å². The minimum atomic E-state index is 0.611. The van der Waals surface area contributed by atoms with Crippen LogP contribution in [0.2, 0.25) is 0 Å². The number of anilines is 1. The van der Waals surface area contributed by atoms with Crippen molar-refractivity contribution in [2.75, 3.05) is 31.7 Å². The molecule has 1 aromatic rings. The molecule has 1 aromatic carbocycles. The summed E-state index contributed by atoms with van der Waals surface area (Å²) in [5.41, 5.74) is 9.40. The number of likely N-dealkylation sites (N-methyl/N-ethyl adjacent to an activating group) is 1. The van der Waals surface area contributed by atoms with Crippen molar-refractivity contribution in [2.24, 2.45) is 11.7 Å². The van der Waals surface area contributed by atoms with Crippen LogP contribution < -0.4 is 10.6 Å². The van der Waals surface area contributed by atoms with Crippen molar-refractivity contribution in [1.29, 1.82) is 0 Å². The molecule has 3 nitrogen and oxygen atoms in total. The Labute approximate surface area is 110 Å². The summed E-state index contributed by atoms with van der Waals surface area (Å²) in [7, 11) is 2.11. The highest BCUT2D eigenvalue weighted by atomic mass is 16.5. The Balaban J connectivity index is 1.79. The van der Waals surface area contributed by atoms with Crippen LogP contribution in [0.5, 0.6) is 0 Å². The second kappa shape index (κ2) is 6.21. The van der Waals surface area contributed by atoms with Crippen LogP contribution in [0.3, 0.4) is 0 Å². The molecule has 1 fully saturated rings. The van der Waals surface area contributed by atoms with Gasteiger partial charge in [0.1, 0.15) is 0 Å². The Hall–Kier alpha value is -1.06. The summed E-state index contributed by atoms with van der Waals surface area (Å²) in [5.74, 6) is 0.849. The van der Waals surface area contributed by atoms with Crippen LogP contribution in [0.4, 0.5) is 5.69 Å². The Bertz CT molecular complexity index is 388. The van der Waals surface area contributed by atoms with Gasteiger partial charge in [-0.05, 0) is 48.9 Å². The van der Waals surface area contributed by atoms with Gasteiger partial charge in [0.2, 0.25) is 0 Å². The summed E-state index contributed by atoms with van der Waals surface area (Å²) in [6.07, 6.45) is 2.71. The van der Waals surface area contributed by atoms with Crippen LogP contribution in [0.15, 0.2) is 18.2 Å². The van der Waals surface area contributed by atoms with E-state index in [0.717, 1.165) is 25.7 Å². The number of aryl methyl sites for hydroxylation is 1. The summed E-state index contributed by atoms with van der Waals surface area (Å²) in [4.78, 5) is 2.24. The molecule has 2 N–H and O–H groups in total. The molecule has 18 heavy (non-hydrogen) atoms. The standard InChI is InChI=1S/C15H24N2O/c1-12-9-15(6-5-14(12)10-16)17(2)7-8-18-11-13-3-4-13/h5-6,9,13H,3-4,7-8,10-11,16H2,1-2H3. The van der Waals surface area contributed by atoms with Crippen molar-refractivity contribution in [3.63, 3.8) is 0 Å². The van der Waals surface area contributed by atoms with E-state index in [9.17, 15) is 0 Å². The van der Waals surface area contributed by atoms with Gasteiger partial charge in [-0.2, -0.15) is 0 Å². The van der Waals surface area contributed by atoms with Crippen LogP contribution in [-0.2, 0) is 11.3 Å². The molecule has 0 unspecified atom stereocenters. The van der Waals surface area contributed by atoms with Crippen molar-refractivity contribution in [3.8, 4) is 0 Å². The Kier molecular flexibility index (Phi) is 4.61. The highest BCUT2D eigenvalue weighted by molar-refractivity contribution is 5.50. The molecular weight excluding hydrogens is 224 g/mol. The van der Waals surface area contributed by atoms with Gasteiger partial charge in [-0.1, -0.05) is 6.07 Å². The molecule has 0 aromatic heterocycles. The summed E-state index contributed by atoms with van der Waals surface area (Å²) in [6, 6.07) is 6.45. The van der Waals surface area contributed by atoms with Crippen molar-refractivity contribution in [3.05, 3.63) is 29.3 Å². The van der Waals surface area contributed by atoms with Gasteiger partial charge in [-0.15, -0.1) is 0 Å². The SMILES string of the molecule is Cc1cc(N(C)CCOCC2CC2)ccc1CN. The van der Waals surface area contributed by atoms with Gasteiger partial charge in [0.05, 0.1) is 6.61 Å². The molecule has 100 valence electrons. The molecule has 0 heterocycles. The lowest BCUT2D eigenvalue weighted by atomic mass is 10.1. The molecule has 1 aliphatic rings. The predicted molar refractivity (Wildman–Crippen MR) is 75.9 cm³/mol. The van der Waals surface area contributed by atoms with Gasteiger partial charge < -0.3 is 15.4 Å². The summed E-state index contributed by atoms with van der Waals surface area (Å²) in [6.45, 7) is 5.42. The van der Waals surface area contributed by atoms with E-state index in [2.05, 4.69) is 37.1 Å². The Morgan fingerprint density at radius 1 is 1.39 bits per heavy atom. The Morgan fingerprint density at radius 2 is 2.17 bits per heavy atom. The quantitative estimate of drug-likeness (QED) is 0.753. The molecule has 2 rings (SSSR count). The molecule has 0 atom stereocenters. The second-order valence-corrected chi connectivity index (χ2v) is 5.25. The van der Waals surface area contributed by atoms with Gasteiger partial charge in [-0.25, -0.2) is 0 Å². The third kappa shape index (κ3) is 3.72. The zero-order valence-electron chi connectivity index (χ0n) is 11.5. The lowest BCUT2D eigenvalue weighted by Crippen LogP contribution is -2.23. The van der Waals surface area contributed by atoms with Crippen LogP contribution in [-0.4, -0.2) is 26.8 Å². The molecular formula is C15H24N2O. The van der Waals surface area contributed by atoms with E-state index in [1.54, 1.807) is 0 Å². The fourth-order valence-electron chi connectivity index (χ4n) is 2.01. The maximum absolute atomic E-state index is 5.68. The van der Waals surface area contributed by atoms with Gasteiger partial charge in [0.15, 0.2) is 0 Å². The van der Waals surface area contributed by atoms with Crippen LogP contribution >= 0.6 is 0 Å². The van der Waals surface area contributed by atoms with Crippen molar-refractivity contribution < 1.29 is 4.74 Å². The van der Waals surface area contributed by atoms with Crippen LogP contribution in [0.1, 0.15) is 24.0 Å². The predicted octanol–water partition coefficient (Wildman–Crippen LogP) is 2.32. The highest BCUT2D eigenvalue weighted by Crippen LogP contribution is 2.28. The lowest BCUT2D eigenvalue weighted by molar-refractivity contribution is 0.131. The number of hydrogen-bond acceptors (Lipinski definition) is 3. The molecule has 0 saturated heterocycles. The van der Waals surface area contributed by atoms with E-state index in [0.29, 0.717) is 6.54 Å². The van der Waals surface area contributed by atoms with Crippen LogP contribution in [0.25, 0.3) is 0 Å². The fourth-order valence-corrected chi connectivity index (χ4v) is 2.01. The average molecular weight is 248 g/mol. The first-order chi connectivity index (χ1) is 8.70. The van der Waals surface area contributed by atoms with E-state index in [-0.39, 0.29) is 0 Å². The summed E-state index contributed by atoms with van der Waals surface area (Å²) in [5, 5.41) is 0. The maximum Gasteiger partial charge on any atom is 0.0641 e. The third-order valence-electron chi connectivity index (χ3n) is 3.61.